The maximum atomic E-state index is 6.11. The molecule has 5 nitrogen and oxygen atoms in total. The summed E-state index contributed by atoms with van der Waals surface area (Å²) in [4.78, 5) is 6.66. The minimum atomic E-state index is 0.100. The van der Waals surface area contributed by atoms with Crippen molar-refractivity contribution >= 4 is 5.82 Å². The van der Waals surface area contributed by atoms with Crippen molar-refractivity contribution in [1.82, 2.24) is 15.2 Å². The van der Waals surface area contributed by atoms with Gasteiger partial charge >= 0.3 is 0 Å². The molecule has 20 heavy (non-hydrogen) atoms. The van der Waals surface area contributed by atoms with Gasteiger partial charge in [0.1, 0.15) is 5.82 Å². The fourth-order valence-corrected chi connectivity index (χ4v) is 2.86. The van der Waals surface area contributed by atoms with Crippen LogP contribution in [-0.4, -0.2) is 48.8 Å². The zero-order valence-corrected chi connectivity index (χ0v) is 12.7. The Morgan fingerprint density at radius 3 is 3.00 bits per heavy atom. The van der Waals surface area contributed by atoms with Gasteiger partial charge in [-0.1, -0.05) is 13.8 Å². The van der Waals surface area contributed by atoms with Gasteiger partial charge in [-0.2, -0.15) is 0 Å². The number of nitrogens with zero attached hydrogens (tertiary/aromatic N) is 2. The lowest BCUT2D eigenvalue weighted by atomic mass is 9.96. The van der Waals surface area contributed by atoms with Crippen LogP contribution < -0.4 is 11.1 Å². The van der Waals surface area contributed by atoms with Gasteiger partial charge in [-0.05, 0) is 31.6 Å². The average molecular weight is 278 g/mol. The molecule has 0 aromatic carbocycles. The van der Waals surface area contributed by atoms with Crippen molar-refractivity contribution in [2.75, 3.05) is 38.5 Å². The van der Waals surface area contributed by atoms with E-state index in [0.29, 0.717) is 5.82 Å². The monoisotopic (exact) mass is 278 g/mol. The second-order valence-electron chi connectivity index (χ2n) is 5.26. The molecule has 2 atom stereocenters. The maximum Gasteiger partial charge on any atom is 0.128 e. The highest BCUT2D eigenvalue weighted by atomic mass is 16.5. The van der Waals surface area contributed by atoms with Gasteiger partial charge in [0.25, 0.3) is 0 Å². The first-order valence-corrected chi connectivity index (χ1v) is 7.45. The largest absolute Gasteiger partial charge is 0.383 e. The summed E-state index contributed by atoms with van der Waals surface area (Å²) in [5.41, 5.74) is 8.35. The van der Waals surface area contributed by atoms with Crippen LogP contribution in [0, 0.1) is 6.92 Å². The highest BCUT2D eigenvalue weighted by Gasteiger charge is 2.30. The number of anilines is 1. The van der Waals surface area contributed by atoms with Gasteiger partial charge in [-0.15, -0.1) is 0 Å². The van der Waals surface area contributed by atoms with Crippen LogP contribution >= 0.6 is 0 Å². The number of morpholine rings is 1. The summed E-state index contributed by atoms with van der Waals surface area (Å²) in [6.45, 7) is 11.0. The van der Waals surface area contributed by atoms with E-state index in [-0.39, 0.29) is 12.1 Å². The van der Waals surface area contributed by atoms with Crippen molar-refractivity contribution in [3.63, 3.8) is 0 Å². The standard InChI is InChI=1S/C15H26N4O/c1-4-17-14(12-10-19(5-2)8-9-20-12)13-11(3)6-7-18-15(13)16/h6-7,12,14,17H,4-5,8-10H2,1-3H3,(H2,16,18). The van der Waals surface area contributed by atoms with Crippen LogP contribution in [-0.2, 0) is 4.74 Å². The molecule has 1 aromatic heterocycles. The van der Waals surface area contributed by atoms with E-state index in [0.717, 1.165) is 38.3 Å². The third-order valence-corrected chi connectivity index (χ3v) is 3.97. The summed E-state index contributed by atoms with van der Waals surface area (Å²) < 4.78 is 6.00. The molecule has 1 aliphatic rings. The number of aromatic nitrogens is 1. The molecular formula is C15H26N4O. The topological polar surface area (TPSA) is 63.4 Å². The molecule has 3 N–H and O–H groups in total. The quantitative estimate of drug-likeness (QED) is 0.851. The van der Waals surface area contributed by atoms with Crippen molar-refractivity contribution in [3.05, 3.63) is 23.4 Å². The average Bonchev–Trinajstić information content (AvgIpc) is 2.46. The number of rotatable bonds is 5. The van der Waals surface area contributed by atoms with Crippen LogP contribution in [0.4, 0.5) is 5.82 Å². The molecule has 1 saturated heterocycles. The fourth-order valence-electron chi connectivity index (χ4n) is 2.86. The lowest BCUT2D eigenvalue weighted by Gasteiger charge is -2.37. The molecule has 1 aromatic rings. The zero-order chi connectivity index (χ0) is 14.5. The normalized spacial score (nSPS) is 21.9. The van der Waals surface area contributed by atoms with Gasteiger partial charge in [-0.3, -0.25) is 4.90 Å². The van der Waals surface area contributed by atoms with Crippen LogP contribution in [0.25, 0.3) is 0 Å². The van der Waals surface area contributed by atoms with Crippen LogP contribution in [0.15, 0.2) is 12.3 Å². The SMILES string of the molecule is CCNC(c1c(C)ccnc1N)C1CN(CC)CCO1. The predicted octanol–water partition coefficient (Wildman–Crippen LogP) is 1.34. The number of likely N-dealkylation sites (N-methyl/N-ethyl adjacent to an activating group) is 2. The molecule has 0 aliphatic carbocycles. The first kappa shape index (κ1) is 15.2. The third-order valence-electron chi connectivity index (χ3n) is 3.97. The number of hydrogen-bond acceptors (Lipinski definition) is 5. The smallest absolute Gasteiger partial charge is 0.128 e. The Labute approximate surface area is 121 Å². The number of nitrogens with one attached hydrogen (secondary N) is 1. The Morgan fingerprint density at radius 2 is 2.35 bits per heavy atom. The second-order valence-corrected chi connectivity index (χ2v) is 5.26. The van der Waals surface area contributed by atoms with E-state index in [1.54, 1.807) is 6.20 Å². The summed E-state index contributed by atoms with van der Waals surface area (Å²) in [6, 6.07) is 2.11. The Bertz CT molecular complexity index is 418. The molecule has 2 heterocycles. The number of aryl methyl sites for hydroxylation is 1. The molecule has 5 heteroatoms. The highest BCUT2D eigenvalue weighted by molar-refractivity contribution is 5.46. The zero-order valence-electron chi connectivity index (χ0n) is 12.7. The van der Waals surface area contributed by atoms with Crippen molar-refractivity contribution in [2.45, 2.75) is 32.9 Å². The number of hydrogen-bond donors (Lipinski definition) is 2. The van der Waals surface area contributed by atoms with Crippen molar-refractivity contribution in [2.24, 2.45) is 0 Å². The van der Waals surface area contributed by atoms with Gasteiger partial charge in [0, 0.05) is 24.8 Å². The molecule has 112 valence electrons. The van der Waals surface area contributed by atoms with E-state index in [2.05, 4.69) is 36.0 Å². The van der Waals surface area contributed by atoms with Crippen molar-refractivity contribution in [3.8, 4) is 0 Å². The summed E-state index contributed by atoms with van der Waals surface area (Å²) in [5.74, 6) is 0.605. The van der Waals surface area contributed by atoms with E-state index >= 15 is 0 Å². The molecule has 2 unspecified atom stereocenters. The highest BCUT2D eigenvalue weighted by Crippen LogP contribution is 2.28. The van der Waals surface area contributed by atoms with Crippen LogP contribution in [0.1, 0.15) is 31.0 Å². The van der Waals surface area contributed by atoms with E-state index in [9.17, 15) is 0 Å². The minimum Gasteiger partial charge on any atom is -0.383 e. The summed E-state index contributed by atoms with van der Waals surface area (Å²) in [5, 5.41) is 3.52. The first-order valence-electron chi connectivity index (χ1n) is 7.45. The van der Waals surface area contributed by atoms with Gasteiger partial charge < -0.3 is 15.8 Å². The molecule has 2 rings (SSSR count). The minimum absolute atomic E-state index is 0.100. The molecule has 0 radical (unpaired) electrons. The Hall–Kier alpha value is -1.17. The Balaban J connectivity index is 2.26. The third kappa shape index (κ3) is 3.29. The van der Waals surface area contributed by atoms with Gasteiger partial charge in [-0.25, -0.2) is 4.98 Å². The first-order chi connectivity index (χ1) is 9.67. The Morgan fingerprint density at radius 1 is 1.55 bits per heavy atom. The summed E-state index contributed by atoms with van der Waals surface area (Å²) >= 11 is 0. The lowest BCUT2D eigenvalue weighted by Crippen LogP contribution is -2.48. The number of nitrogen functional groups attached to an aromatic ring is 1. The molecule has 1 aliphatic heterocycles. The Kier molecular flexibility index (Phi) is 5.34. The molecule has 0 saturated carbocycles. The lowest BCUT2D eigenvalue weighted by molar-refractivity contribution is -0.0453. The maximum absolute atomic E-state index is 6.11. The van der Waals surface area contributed by atoms with E-state index in [1.165, 1.54) is 5.56 Å². The van der Waals surface area contributed by atoms with Gasteiger partial charge in [0.15, 0.2) is 0 Å². The van der Waals surface area contributed by atoms with Crippen molar-refractivity contribution < 1.29 is 4.74 Å². The van der Waals surface area contributed by atoms with Crippen LogP contribution in [0.5, 0.6) is 0 Å². The van der Waals surface area contributed by atoms with E-state index < -0.39 is 0 Å². The van der Waals surface area contributed by atoms with Gasteiger partial charge in [0.05, 0.1) is 18.8 Å². The molecule has 0 spiro atoms. The summed E-state index contributed by atoms with van der Waals surface area (Å²) in [6.07, 6.45) is 1.88. The fraction of sp³-hybridized carbons (Fsp3) is 0.667. The van der Waals surface area contributed by atoms with Crippen LogP contribution in [0.3, 0.4) is 0 Å². The summed E-state index contributed by atoms with van der Waals surface area (Å²) in [7, 11) is 0. The second kappa shape index (κ2) is 7.02. The molecule has 1 fully saturated rings. The van der Waals surface area contributed by atoms with Crippen LogP contribution in [0.2, 0.25) is 0 Å². The molecule has 0 amide bonds. The van der Waals surface area contributed by atoms with E-state index in [1.807, 2.05) is 6.07 Å². The number of ether oxygens (including phenoxy) is 1. The molecular weight excluding hydrogens is 252 g/mol. The predicted molar refractivity (Wildman–Crippen MR) is 81.7 cm³/mol. The molecule has 0 bridgehead atoms. The van der Waals surface area contributed by atoms with Gasteiger partial charge in [0.2, 0.25) is 0 Å². The number of nitrogens with two attached hydrogens (primary N) is 1. The van der Waals surface area contributed by atoms with Crippen molar-refractivity contribution in [1.29, 1.82) is 0 Å². The number of pyridine rings is 1. The van der Waals surface area contributed by atoms with E-state index in [4.69, 9.17) is 10.5 Å².